The molecule has 0 saturated heterocycles. The van der Waals surface area contributed by atoms with E-state index in [2.05, 4.69) is 5.18 Å². The molecule has 0 atom stereocenters. The molecule has 0 rings (SSSR count). The molecule has 0 bridgehead atoms. The highest BCUT2D eigenvalue weighted by atomic mass is 16.3. The van der Waals surface area contributed by atoms with Crippen LogP contribution in [0.4, 0.5) is 0 Å². The van der Waals surface area contributed by atoms with Crippen molar-refractivity contribution in [1.82, 2.24) is 0 Å². The molecule has 0 aromatic carbocycles. The van der Waals surface area contributed by atoms with E-state index in [9.17, 15) is 9.70 Å². The predicted octanol–water partition coefficient (Wildman–Crippen LogP) is 0.351. The summed E-state index contributed by atoms with van der Waals surface area (Å²) in [5.41, 5.74) is 4.76. The Kier molecular flexibility index (Phi) is 4.86. The highest BCUT2D eigenvalue weighted by molar-refractivity contribution is 5.85. The van der Waals surface area contributed by atoms with Crippen LogP contribution in [0, 0.1) is 4.91 Å². The van der Waals surface area contributed by atoms with E-state index in [1.165, 1.54) is 24.3 Å². The number of hydrogen-bond donors (Lipinski definition) is 1. The van der Waals surface area contributed by atoms with E-state index in [4.69, 9.17) is 5.73 Å². The molecule has 0 heterocycles. The molecule has 0 aliphatic heterocycles. The minimum Gasteiger partial charge on any atom is -0.366 e. The average molecular weight is 140 g/mol. The molecule has 0 unspecified atom stereocenters. The fourth-order valence-corrected chi connectivity index (χ4v) is 0.333. The number of rotatable bonds is 4. The Hall–Kier alpha value is -1.45. The number of amides is 1. The van der Waals surface area contributed by atoms with Crippen LogP contribution in [0.3, 0.4) is 0 Å². The summed E-state index contributed by atoms with van der Waals surface area (Å²) in [6.45, 7) is 0.114. The van der Waals surface area contributed by atoms with E-state index in [-0.39, 0.29) is 6.54 Å². The molecular weight excluding hydrogens is 132 g/mol. The van der Waals surface area contributed by atoms with Gasteiger partial charge in [0.15, 0.2) is 0 Å². The second kappa shape index (κ2) is 5.68. The van der Waals surface area contributed by atoms with Gasteiger partial charge in [-0.15, -0.1) is 0 Å². The van der Waals surface area contributed by atoms with Gasteiger partial charge in [0.2, 0.25) is 5.91 Å². The molecule has 0 saturated carbocycles. The first-order valence-electron chi connectivity index (χ1n) is 2.69. The van der Waals surface area contributed by atoms with E-state index in [0.717, 1.165) is 0 Å². The maximum absolute atomic E-state index is 10.0. The number of primary amides is 1. The fourth-order valence-electron chi connectivity index (χ4n) is 0.333. The third-order valence-corrected chi connectivity index (χ3v) is 0.688. The van der Waals surface area contributed by atoms with Gasteiger partial charge in [-0.05, 0) is 0 Å². The maximum atomic E-state index is 10.0. The lowest BCUT2D eigenvalue weighted by molar-refractivity contribution is -0.113. The summed E-state index contributed by atoms with van der Waals surface area (Å²) in [5.74, 6) is -0.510. The zero-order chi connectivity index (χ0) is 7.82. The van der Waals surface area contributed by atoms with Crippen molar-refractivity contribution in [2.75, 3.05) is 6.54 Å². The zero-order valence-electron chi connectivity index (χ0n) is 5.36. The molecular formula is C6H8N2O2. The highest BCUT2D eigenvalue weighted by Gasteiger charge is 1.76. The summed E-state index contributed by atoms with van der Waals surface area (Å²) < 4.78 is 0. The van der Waals surface area contributed by atoms with Gasteiger partial charge in [-0.1, -0.05) is 23.4 Å². The van der Waals surface area contributed by atoms with Crippen LogP contribution in [0.1, 0.15) is 0 Å². The summed E-state index contributed by atoms with van der Waals surface area (Å²) in [6.07, 6.45) is 5.70. The van der Waals surface area contributed by atoms with Crippen molar-refractivity contribution < 1.29 is 4.79 Å². The standard InChI is InChI=1S/C6H8N2O2/c7-6(9)4-2-1-3-5-8-10/h1-4H,5H2,(H2,7,9)/b3-1-,4-2-. The Morgan fingerprint density at radius 1 is 1.50 bits per heavy atom. The van der Waals surface area contributed by atoms with Crippen LogP contribution in [0.5, 0.6) is 0 Å². The van der Waals surface area contributed by atoms with Gasteiger partial charge in [-0.25, -0.2) is 0 Å². The smallest absolute Gasteiger partial charge is 0.241 e. The molecule has 54 valence electrons. The minimum absolute atomic E-state index is 0.114. The largest absolute Gasteiger partial charge is 0.366 e. The summed E-state index contributed by atoms with van der Waals surface area (Å²) >= 11 is 0. The van der Waals surface area contributed by atoms with Gasteiger partial charge in [0, 0.05) is 6.08 Å². The molecule has 0 aliphatic rings. The first-order valence-corrected chi connectivity index (χ1v) is 2.69. The van der Waals surface area contributed by atoms with Crippen LogP contribution in [-0.4, -0.2) is 12.5 Å². The predicted molar refractivity (Wildman–Crippen MR) is 38.1 cm³/mol. The van der Waals surface area contributed by atoms with Crippen LogP contribution in [-0.2, 0) is 4.79 Å². The van der Waals surface area contributed by atoms with Gasteiger partial charge in [-0.2, -0.15) is 4.91 Å². The topological polar surface area (TPSA) is 72.5 Å². The van der Waals surface area contributed by atoms with E-state index < -0.39 is 5.91 Å². The molecule has 1 amide bonds. The van der Waals surface area contributed by atoms with Crippen molar-refractivity contribution in [2.45, 2.75) is 0 Å². The zero-order valence-corrected chi connectivity index (χ0v) is 5.36. The van der Waals surface area contributed by atoms with Crippen molar-refractivity contribution in [1.29, 1.82) is 0 Å². The van der Waals surface area contributed by atoms with Gasteiger partial charge in [-0.3, -0.25) is 4.79 Å². The van der Waals surface area contributed by atoms with Crippen molar-refractivity contribution in [2.24, 2.45) is 10.9 Å². The Morgan fingerprint density at radius 2 is 2.20 bits per heavy atom. The number of nitrogens with two attached hydrogens (primary N) is 1. The average Bonchev–Trinajstić information content (AvgIpc) is 1.87. The SMILES string of the molecule is NC(=O)/C=C\C=C/CN=O. The normalized spacial score (nSPS) is 10.8. The third-order valence-electron chi connectivity index (χ3n) is 0.688. The molecule has 4 nitrogen and oxygen atoms in total. The summed E-state index contributed by atoms with van der Waals surface area (Å²) in [5, 5.41) is 2.57. The number of hydrogen-bond acceptors (Lipinski definition) is 3. The lowest BCUT2D eigenvalue weighted by Crippen LogP contribution is -2.04. The van der Waals surface area contributed by atoms with Crippen molar-refractivity contribution in [3.8, 4) is 0 Å². The monoisotopic (exact) mass is 140 g/mol. The number of allylic oxidation sites excluding steroid dienone is 2. The Bertz CT molecular complexity index is 173. The van der Waals surface area contributed by atoms with E-state index in [1.807, 2.05) is 0 Å². The number of carbonyl (C=O) groups is 1. The third kappa shape index (κ3) is 6.55. The lowest BCUT2D eigenvalue weighted by atomic mass is 10.4. The van der Waals surface area contributed by atoms with E-state index >= 15 is 0 Å². The van der Waals surface area contributed by atoms with Crippen molar-refractivity contribution >= 4 is 5.91 Å². The first-order chi connectivity index (χ1) is 4.77. The van der Waals surface area contributed by atoms with Gasteiger partial charge >= 0.3 is 0 Å². The second-order valence-corrected chi connectivity index (χ2v) is 1.50. The Balaban J connectivity index is 3.51. The van der Waals surface area contributed by atoms with Crippen molar-refractivity contribution in [3.05, 3.63) is 29.2 Å². The molecule has 10 heavy (non-hydrogen) atoms. The molecule has 0 aromatic heterocycles. The summed E-state index contributed by atoms with van der Waals surface area (Å²) in [4.78, 5) is 19.5. The van der Waals surface area contributed by atoms with Crippen LogP contribution in [0.2, 0.25) is 0 Å². The van der Waals surface area contributed by atoms with E-state index in [1.54, 1.807) is 0 Å². The van der Waals surface area contributed by atoms with Crippen molar-refractivity contribution in [3.63, 3.8) is 0 Å². The lowest BCUT2D eigenvalue weighted by Gasteiger charge is -1.75. The molecule has 0 spiro atoms. The van der Waals surface area contributed by atoms with Crippen LogP contribution in [0.15, 0.2) is 29.5 Å². The van der Waals surface area contributed by atoms with Crippen LogP contribution < -0.4 is 5.73 Å². The van der Waals surface area contributed by atoms with E-state index in [0.29, 0.717) is 0 Å². The second-order valence-electron chi connectivity index (χ2n) is 1.50. The number of carbonyl (C=O) groups excluding carboxylic acids is 1. The highest BCUT2D eigenvalue weighted by Crippen LogP contribution is 1.77. The summed E-state index contributed by atoms with van der Waals surface area (Å²) in [7, 11) is 0. The molecule has 2 N–H and O–H groups in total. The molecule has 4 heteroatoms. The molecule has 0 aromatic rings. The summed E-state index contributed by atoms with van der Waals surface area (Å²) in [6, 6.07) is 0. The van der Waals surface area contributed by atoms with Gasteiger partial charge in [0.25, 0.3) is 0 Å². The fraction of sp³-hybridized carbons (Fsp3) is 0.167. The Labute approximate surface area is 58.4 Å². The van der Waals surface area contributed by atoms with Gasteiger partial charge in [0.05, 0.1) is 6.54 Å². The maximum Gasteiger partial charge on any atom is 0.241 e. The molecule has 0 fully saturated rings. The van der Waals surface area contributed by atoms with Crippen LogP contribution in [0.25, 0.3) is 0 Å². The number of nitrogens with zero attached hydrogens (tertiary/aromatic N) is 1. The quantitative estimate of drug-likeness (QED) is 0.347. The van der Waals surface area contributed by atoms with Gasteiger partial charge < -0.3 is 5.73 Å². The molecule has 0 aliphatic carbocycles. The number of nitroso groups, excluding NO2 is 1. The van der Waals surface area contributed by atoms with Gasteiger partial charge in [0.1, 0.15) is 0 Å². The minimum atomic E-state index is -0.510. The first kappa shape index (κ1) is 8.55. The Morgan fingerprint density at radius 3 is 2.70 bits per heavy atom. The molecule has 0 radical (unpaired) electrons. The van der Waals surface area contributed by atoms with Crippen LogP contribution >= 0.6 is 0 Å².